The van der Waals surface area contributed by atoms with E-state index in [1.54, 1.807) is 6.92 Å². The van der Waals surface area contributed by atoms with Crippen molar-refractivity contribution in [3.05, 3.63) is 34.4 Å². The third-order valence-corrected chi connectivity index (χ3v) is 12.6. The summed E-state index contributed by atoms with van der Waals surface area (Å²) >= 11 is 0. The molecule has 0 unspecified atom stereocenters. The van der Waals surface area contributed by atoms with Crippen molar-refractivity contribution in [3.8, 4) is 5.75 Å². The zero-order valence-corrected chi connectivity index (χ0v) is 44.4. The van der Waals surface area contributed by atoms with E-state index in [1.807, 2.05) is 0 Å². The summed E-state index contributed by atoms with van der Waals surface area (Å²) in [5.41, 5.74) is -1.39. The molecule has 0 heterocycles. The minimum absolute atomic E-state index is 0.0134. The van der Waals surface area contributed by atoms with E-state index in [-0.39, 0.29) is 93.9 Å². The summed E-state index contributed by atoms with van der Waals surface area (Å²) in [6.45, 7) is 9.45. The lowest BCUT2D eigenvalue weighted by atomic mass is 9.94. The summed E-state index contributed by atoms with van der Waals surface area (Å²) < 4.78 is 33.6. The Bertz CT molecular complexity index is 1430. The van der Waals surface area contributed by atoms with E-state index < -0.39 is 28.4 Å². The lowest BCUT2D eigenvalue weighted by molar-refractivity contribution is -0.384. The van der Waals surface area contributed by atoms with Gasteiger partial charge < -0.3 is 28.4 Å². The summed E-state index contributed by atoms with van der Waals surface area (Å²) in [7, 11) is 0. The van der Waals surface area contributed by atoms with Crippen molar-refractivity contribution >= 4 is 35.7 Å². The Kier molecular flexibility index (Phi) is 38.7. The minimum Gasteiger partial charge on any atom is -0.465 e. The molecule has 0 bridgehead atoms. The Morgan fingerprint density at radius 3 is 1.11 bits per heavy atom. The van der Waals surface area contributed by atoms with Crippen LogP contribution in [0.15, 0.2) is 24.3 Å². The standard InChI is InChI=1S/C56H95NO13/c1-6-10-14-18-22-26-32-48(33-27-23-19-15-11-7-2)68-53(60)38-30-36-51(58)65-44-56(5,46-67-55(62)70-50-42-40-47(41-43-50)57(63)64)45-66-52(59)37-31-39-54(61)69-49(34-28-24-20-16-12-8-3)35-29-25-21-17-13-9-4/h40-43,48-49H,6-39,44-46H2,1-5H3. The Morgan fingerprint density at radius 2 is 0.771 bits per heavy atom. The molecular formula is C56H95NO13. The first kappa shape index (κ1) is 63.8. The van der Waals surface area contributed by atoms with Crippen LogP contribution in [0.2, 0.25) is 0 Å². The molecule has 1 rings (SSSR count). The molecule has 0 aliphatic carbocycles. The maximum absolute atomic E-state index is 13.0. The van der Waals surface area contributed by atoms with E-state index >= 15 is 0 Å². The number of rotatable bonds is 46. The van der Waals surface area contributed by atoms with Gasteiger partial charge in [-0.25, -0.2) is 4.79 Å². The molecule has 0 saturated carbocycles. The van der Waals surface area contributed by atoms with Crippen molar-refractivity contribution in [1.82, 2.24) is 0 Å². The quantitative estimate of drug-likeness (QED) is 0.0150. The van der Waals surface area contributed by atoms with Crippen LogP contribution in [-0.2, 0) is 42.9 Å². The fourth-order valence-electron chi connectivity index (χ4n) is 8.15. The largest absolute Gasteiger partial charge is 0.513 e. The van der Waals surface area contributed by atoms with Gasteiger partial charge in [-0.15, -0.1) is 0 Å². The summed E-state index contributed by atoms with van der Waals surface area (Å²) in [6, 6.07) is 4.87. The SMILES string of the molecule is CCCCCCCCC(CCCCCCCC)OC(=O)CCCC(=O)OCC(C)(COC(=O)CCCC(=O)OC(CCCCCCCC)CCCCCCCC)COC(=O)Oc1ccc([N+](=O)[O-])cc1. The molecule has 1 aromatic rings. The molecule has 0 aliphatic rings. The van der Waals surface area contributed by atoms with Crippen LogP contribution >= 0.6 is 0 Å². The number of non-ortho nitro benzene ring substituents is 1. The van der Waals surface area contributed by atoms with E-state index in [4.69, 9.17) is 28.4 Å². The summed E-state index contributed by atoms with van der Waals surface area (Å²) in [5, 5.41) is 11.0. The van der Waals surface area contributed by atoms with Crippen LogP contribution in [-0.4, -0.2) is 67.0 Å². The predicted molar refractivity (Wildman–Crippen MR) is 275 cm³/mol. The van der Waals surface area contributed by atoms with E-state index in [2.05, 4.69) is 27.7 Å². The minimum atomic E-state index is -1.21. The first-order valence-electron chi connectivity index (χ1n) is 27.6. The number of benzene rings is 1. The van der Waals surface area contributed by atoms with Crippen molar-refractivity contribution < 1.29 is 57.3 Å². The second-order valence-corrected chi connectivity index (χ2v) is 19.7. The fraction of sp³-hybridized carbons (Fsp3) is 0.804. The van der Waals surface area contributed by atoms with E-state index in [0.29, 0.717) is 0 Å². The van der Waals surface area contributed by atoms with Crippen molar-refractivity contribution in [3.63, 3.8) is 0 Å². The monoisotopic (exact) mass is 990 g/mol. The molecule has 0 saturated heterocycles. The average molecular weight is 990 g/mol. The van der Waals surface area contributed by atoms with Gasteiger partial charge in [0, 0.05) is 37.8 Å². The van der Waals surface area contributed by atoms with Crippen LogP contribution in [0.4, 0.5) is 10.5 Å². The molecule has 14 nitrogen and oxygen atoms in total. The molecule has 1 aromatic carbocycles. The number of hydrogen-bond donors (Lipinski definition) is 0. The number of ether oxygens (including phenoxy) is 6. The van der Waals surface area contributed by atoms with Crippen LogP contribution < -0.4 is 4.74 Å². The predicted octanol–water partition coefficient (Wildman–Crippen LogP) is 15.4. The maximum Gasteiger partial charge on any atom is 0.513 e. The van der Waals surface area contributed by atoms with Gasteiger partial charge in [-0.3, -0.25) is 29.3 Å². The summed E-state index contributed by atoms with van der Waals surface area (Å²) in [6.07, 6.45) is 30.4. The van der Waals surface area contributed by atoms with Gasteiger partial charge in [0.25, 0.3) is 5.69 Å². The first-order chi connectivity index (χ1) is 33.8. The Balaban J connectivity index is 2.79. The van der Waals surface area contributed by atoms with Gasteiger partial charge in [0.2, 0.25) is 0 Å². The lowest BCUT2D eigenvalue weighted by Crippen LogP contribution is -2.37. The van der Waals surface area contributed by atoms with Crippen LogP contribution in [0.5, 0.6) is 5.75 Å². The third kappa shape index (κ3) is 35.8. The summed E-state index contributed by atoms with van der Waals surface area (Å²) in [5.74, 6) is -1.82. The number of nitrogens with zero attached hydrogens (tertiary/aromatic N) is 1. The maximum atomic E-state index is 13.0. The molecule has 0 N–H and O–H groups in total. The molecular weight excluding hydrogens is 895 g/mol. The van der Waals surface area contributed by atoms with Gasteiger partial charge in [0.1, 0.15) is 37.8 Å². The van der Waals surface area contributed by atoms with E-state index in [0.717, 1.165) is 77.0 Å². The van der Waals surface area contributed by atoms with Crippen molar-refractivity contribution in [1.29, 1.82) is 0 Å². The molecule has 0 spiro atoms. The Labute approximate surface area is 422 Å². The molecule has 70 heavy (non-hydrogen) atoms. The number of carbonyl (C=O) groups excluding carboxylic acids is 5. The van der Waals surface area contributed by atoms with Gasteiger partial charge in [-0.2, -0.15) is 0 Å². The number of hydrogen-bond acceptors (Lipinski definition) is 13. The molecule has 14 heteroatoms. The molecule has 0 aliphatic heterocycles. The molecule has 402 valence electrons. The second-order valence-electron chi connectivity index (χ2n) is 19.7. The number of carbonyl (C=O) groups is 5. The zero-order valence-electron chi connectivity index (χ0n) is 44.4. The van der Waals surface area contributed by atoms with Crippen molar-refractivity contribution in [2.24, 2.45) is 5.41 Å². The molecule has 0 atom stereocenters. The van der Waals surface area contributed by atoms with E-state index in [9.17, 15) is 34.1 Å². The highest BCUT2D eigenvalue weighted by Crippen LogP contribution is 2.24. The highest BCUT2D eigenvalue weighted by atomic mass is 16.7. The van der Waals surface area contributed by atoms with Crippen LogP contribution in [0.25, 0.3) is 0 Å². The molecule has 0 radical (unpaired) electrons. The van der Waals surface area contributed by atoms with Crippen LogP contribution in [0.3, 0.4) is 0 Å². The number of nitro groups is 1. The zero-order chi connectivity index (χ0) is 51.5. The van der Waals surface area contributed by atoms with E-state index in [1.165, 1.54) is 127 Å². The number of nitro benzene ring substituents is 1. The average Bonchev–Trinajstić information content (AvgIpc) is 3.34. The van der Waals surface area contributed by atoms with Crippen LogP contribution in [0.1, 0.15) is 253 Å². The number of esters is 4. The lowest BCUT2D eigenvalue weighted by Gasteiger charge is -2.27. The Hall–Kier alpha value is -4.23. The van der Waals surface area contributed by atoms with Gasteiger partial charge in [0.05, 0.1) is 10.3 Å². The molecule has 0 amide bonds. The third-order valence-electron chi connectivity index (χ3n) is 12.6. The van der Waals surface area contributed by atoms with Gasteiger partial charge in [0.15, 0.2) is 0 Å². The second kappa shape index (κ2) is 42.5. The highest BCUT2D eigenvalue weighted by Gasteiger charge is 2.31. The van der Waals surface area contributed by atoms with Gasteiger partial charge in [-0.05, 0) is 83.3 Å². The van der Waals surface area contributed by atoms with Gasteiger partial charge >= 0.3 is 30.0 Å². The van der Waals surface area contributed by atoms with Crippen LogP contribution in [0, 0.1) is 15.5 Å². The fourth-order valence-corrected chi connectivity index (χ4v) is 8.15. The normalized spacial score (nSPS) is 11.4. The van der Waals surface area contributed by atoms with Crippen molar-refractivity contribution in [2.45, 2.75) is 265 Å². The topological polar surface area (TPSA) is 184 Å². The molecule has 0 fully saturated rings. The first-order valence-corrected chi connectivity index (χ1v) is 27.6. The Morgan fingerprint density at radius 1 is 0.457 bits per heavy atom. The highest BCUT2D eigenvalue weighted by molar-refractivity contribution is 5.73. The van der Waals surface area contributed by atoms with Crippen molar-refractivity contribution in [2.75, 3.05) is 19.8 Å². The smallest absolute Gasteiger partial charge is 0.465 e. The number of unbranched alkanes of at least 4 members (excludes halogenated alkanes) is 20. The van der Waals surface area contributed by atoms with Gasteiger partial charge in [-0.1, -0.05) is 156 Å². The molecule has 0 aromatic heterocycles. The summed E-state index contributed by atoms with van der Waals surface area (Å²) in [4.78, 5) is 75.0.